The second-order valence-corrected chi connectivity index (χ2v) is 9.13. The average Bonchev–Trinajstić information content (AvgIpc) is 2.89. The van der Waals surface area contributed by atoms with Crippen LogP contribution in [-0.2, 0) is 4.79 Å². The second kappa shape index (κ2) is 9.77. The number of pyridine rings is 1. The predicted octanol–water partition coefficient (Wildman–Crippen LogP) is 3.41. The molecular weight excluding hydrogens is 426 g/mol. The van der Waals surface area contributed by atoms with Gasteiger partial charge in [-0.05, 0) is 43.7 Å². The van der Waals surface area contributed by atoms with Gasteiger partial charge in [-0.25, -0.2) is 15.0 Å². The highest BCUT2D eigenvalue weighted by atomic mass is 16.2. The standard InChI is InChI=1S/C26H31N7O/c1-3-24(34)33-11-5-7-20(18-33)22-8-4-6-19-16-28-26(30-25(19)22)29-21-9-10-23(27-17-21)32-14-12-31(2)13-15-32/h3-4,6,8-10,16-17,20H,1,5,7,11-15,18H2,2H3,(H,28,29,30). The van der Waals surface area contributed by atoms with E-state index in [0.29, 0.717) is 12.5 Å². The van der Waals surface area contributed by atoms with Crippen molar-refractivity contribution in [1.29, 1.82) is 0 Å². The molecular formula is C26H31N7O. The van der Waals surface area contributed by atoms with E-state index in [1.54, 1.807) is 0 Å². The van der Waals surface area contributed by atoms with E-state index in [1.165, 1.54) is 6.08 Å². The van der Waals surface area contributed by atoms with Gasteiger partial charge in [-0.3, -0.25) is 4.79 Å². The molecule has 1 atom stereocenters. The zero-order chi connectivity index (χ0) is 23.5. The smallest absolute Gasteiger partial charge is 0.245 e. The van der Waals surface area contributed by atoms with Crippen molar-refractivity contribution in [2.75, 3.05) is 56.5 Å². The van der Waals surface area contributed by atoms with E-state index in [-0.39, 0.29) is 11.8 Å². The van der Waals surface area contributed by atoms with Crippen LogP contribution < -0.4 is 10.2 Å². The molecule has 0 spiro atoms. The Morgan fingerprint density at radius 3 is 2.71 bits per heavy atom. The maximum Gasteiger partial charge on any atom is 0.245 e. The summed E-state index contributed by atoms with van der Waals surface area (Å²) in [6.07, 6.45) is 7.11. The maximum atomic E-state index is 12.2. The number of piperazine rings is 1. The van der Waals surface area contributed by atoms with Crippen LogP contribution in [0.4, 0.5) is 17.5 Å². The molecule has 2 aliphatic rings. The number of amides is 1. The molecule has 0 saturated carbocycles. The second-order valence-electron chi connectivity index (χ2n) is 9.13. The number of nitrogens with one attached hydrogen (secondary N) is 1. The lowest BCUT2D eigenvalue weighted by atomic mass is 9.89. The van der Waals surface area contributed by atoms with Gasteiger partial charge in [-0.2, -0.15) is 0 Å². The van der Waals surface area contributed by atoms with Crippen LogP contribution in [0.1, 0.15) is 24.3 Å². The van der Waals surface area contributed by atoms with Crippen LogP contribution in [0.15, 0.2) is 55.4 Å². The third-order valence-electron chi connectivity index (χ3n) is 6.82. The SMILES string of the molecule is C=CC(=O)N1CCCC(c2cccc3cnc(Nc4ccc(N5CCN(C)CC5)nc4)nc23)C1. The molecule has 3 aromatic rings. The third-order valence-corrected chi connectivity index (χ3v) is 6.82. The third kappa shape index (κ3) is 4.72. The van der Waals surface area contributed by atoms with Crippen molar-refractivity contribution in [3.05, 3.63) is 60.9 Å². The molecule has 4 heterocycles. The van der Waals surface area contributed by atoms with E-state index in [1.807, 2.05) is 41.6 Å². The van der Waals surface area contributed by atoms with Gasteiger partial charge in [0.1, 0.15) is 5.82 Å². The zero-order valence-corrected chi connectivity index (χ0v) is 19.7. The molecule has 2 aromatic heterocycles. The van der Waals surface area contributed by atoms with E-state index in [9.17, 15) is 4.79 Å². The van der Waals surface area contributed by atoms with Crippen LogP contribution in [0, 0.1) is 0 Å². The summed E-state index contributed by atoms with van der Waals surface area (Å²) in [6.45, 7) is 9.19. The highest BCUT2D eigenvalue weighted by Crippen LogP contribution is 2.32. The minimum absolute atomic E-state index is 0.00515. The Labute approximate surface area is 200 Å². The summed E-state index contributed by atoms with van der Waals surface area (Å²) < 4.78 is 0. The summed E-state index contributed by atoms with van der Waals surface area (Å²) in [5, 5.41) is 4.31. The monoisotopic (exact) mass is 457 g/mol. The van der Waals surface area contributed by atoms with Gasteiger partial charge in [-0.15, -0.1) is 0 Å². The van der Waals surface area contributed by atoms with E-state index >= 15 is 0 Å². The number of aromatic nitrogens is 3. The first-order valence-electron chi connectivity index (χ1n) is 11.9. The van der Waals surface area contributed by atoms with Crippen molar-refractivity contribution in [2.45, 2.75) is 18.8 Å². The zero-order valence-electron chi connectivity index (χ0n) is 19.7. The lowest BCUT2D eigenvalue weighted by Gasteiger charge is -2.33. The Balaban J connectivity index is 1.35. The molecule has 0 radical (unpaired) electrons. The molecule has 34 heavy (non-hydrogen) atoms. The van der Waals surface area contributed by atoms with Crippen molar-refractivity contribution >= 4 is 34.3 Å². The number of hydrogen-bond donors (Lipinski definition) is 1. The number of likely N-dealkylation sites (tertiary alicyclic amines) is 1. The van der Waals surface area contributed by atoms with Gasteiger partial charge in [0.25, 0.3) is 0 Å². The van der Waals surface area contributed by atoms with E-state index in [2.05, 4.69) is 44.8 Å². The van der Waals surface area contributed by atoms with Gasteiger partial charge in [0.2, 0.25) is 11.9 Å². The van der Waals surface area contributed by atoms with Gasteiger partial charge in [-0.1, -0.05) is 24.8 Å². The number of hydrogen-bond acceptors (Lipinski definition) is 7. The molecule has 8 nitrogen and oxygen atoms in total. The Morgan fingerprint density at radius 2 is 1.94 bits per heavy atom. The highest BCUT2D eigenvalue weighted by molar-refractivity contribution is 5.87. The largest absolute Gasteiger partial charge is 0.354 e. The van der Waals surface area contributed by atoms with E-state index in [0.717, 1.165) is 73.5 Å². The fraction of sp³-hybridized carbons (Fsp3) is 0.385. The number of para-hydroxylation sites is 1. The van der Waals surface area contributed by atoms with Crippen molar-refractivity contribution in [3.63, 3.8) is 0 Å². The number of carbonyl (C=O) groups excluding carboxylic acids is 1. The summed E-state index contributed by atoms with van der Waals surface area (Å²) in [6, 6.07) is 10.3. The predicted molar refractivity (Wildman–Crippen MR) is 136 cm³/mol. The van der Waals surface area contributed by atoms with Crippen LogP contribution in [0.2, 0.25) is 0 Å². The lowest BCUT2D eigenvalue weighted by Crippen LogP contribution is -2.44. The fourth-order valence-electron chi connectivity index (χ4n) is 4.84. The number of likely N-dealkylation sites (N-methyl/N-ethyl adjacent to an activating group) is 1. The molecule has 1 unspecified atom stereocenters. The summed E-state index contributed by atoms with van der Waals surface area (Å²) >= 11 is 0. The van der Waals surface area contributed by atoms with Crippen molar-refractivity contribution in [3.8, 4) is 0 Å². The van der Waals surface area contributed by atoms with Crippen molar-refractivity contribution < 1.29 is 4.79 Å². The molecule has 0 bridgehead atoms. The molecule has 1 N–H and O–H groups in total. The van der Waals surface area contributed by atoms with E-state index < -0.39 is 0 Å². The van der Waals surface area contributed by atoms with Gasteiger partial charge < -0.3 is 20.0 Å². The molecule has 0 aliphatic carbocycles. The molecule has 1 amide bonds. The summed E-state index contributed by atoms with van der Waals surface area (Å²) in [7, 11) is 2.15. The summed E-state index contributed by atoms with van der Waals surface area (Å²) in [5.41, 5.74) is 2.95. The van der Waals surface area contributed by atoms with Gasteiger partial charge in [0, 0.05) is 56.8 Å². The van der Waals surface area contributed by atoms with Crippen LogP contribution in [0.3, 0.4) is 0 Å². The topological polar surface area (TPSA) is 77.5 Å². The van der Waals surface area contributed by atoms with Gasteiger partial charge >= 0.3 is 0 Å². The first-order chi connectivity index (χ1) is 16.6. The maximum absolute atomic E-state index is 12.2. The number of anilines is 3. The Bertz CT molecular complexity index is 1170. The quantitative estimate of drug-likeness (QED) is 0.588. The Hall–Kier alpha value is -3.52. The fourth-order valence-corrected chi connectivity index (χ4v) is 4.84. The molecule has 5 rings (SSSR count). The van der Waals surface area contributed by atoms with Crippen LogP contribution in [0.25, 0.3) is 10.9 Å². The number of fused-ring (bicyclic) bond motifs is 1. The van der Waals surface area contributed by atoms with Crippen LogP contribution in [-0.4, -0.2) is 77.0 Å². The minimum atomic E-state index is -0.00515. The molecule has 1 aromatic carbocycles. The molecule has 8 heteroatoms. The highest BCUT2D eigenvalue weighted by Gasteiger charge is 2.25. The molecule has 2 aliphatic heterocycles. The van der Waals surface area contributed by atoms with Gasteiger partial charge in [0.15, 0.2) is 0 Å². The number of piperidine rings is 1. The van der Waals surface area contributed by atoms with Gasteiger partial charge in [0.05, 0.1) is 17.4 Å². The number of rotatable bonds is 5. The number of nitrogens with zero attached hydrogens (tertiary/aromatic N) is 6. The number of benzene rings is 1. The van der Waals surface area contributed by atoms with Crippen LogP contribution >= 0.6 is 0 Å². The average molecular weight is 458 g/mol. The minimum Gasteiger partial charge on any atom is -0.354 e. The Morgan fingerprint density at radius 1 is 1.09 bits per heavy atom. The number of carbonyl (C=O) groups is 1. The molecule has 2 fully saturated rings. The first-order valence-corrected chi connectivity index (χ1v) is 11.9. The molecule has 2 saturated heterocycles. The first kappa shape index (κ1) is 22.3. The van der Waals surface area contributed by atoms with Crippen molar-refractivity contribution in [1.82, 2.24) is 24.8 Å². The summed E-state index contributed by atoms with van der Waals surface area (Å²) in [4.78, 5) is 32.7. The molecule has 176 valence electrons. The lowest BCUT2D eigenvalue weighted by molar-refractivity contribution is -0.127. The van der Waals surface area contributed by atoms with Crippen molar-refractivity contribution in [2.24, 2.45) is 0 Å². The van der Waals surface area contributed by atoms with E-state index in [4.69, 9.17) is 4.98 Å². The Kier molecular flexibility index (Phi) is 6.40. The van der Waals surface area contributed by atoms with Crippen LogP contribution in [0.5, 0.6) is 0 Å². The summed E-state index contributed by atoms with van der Waals surface area (Å²) in [5.74, 6) is 1.78. The normalized spacial score (nSPS) is 19.3.